The molecular formula is C23H21N3O5. The van der Waals surface area contributed by atoms with Crippen LogP contribution in [-0.4, -0.2) is 23.3 Å². The molecule has 158 valence electrons. The van der Waals surface area contributed by atoms with E-state index in [0.717, 1.165) is 5.56 Å². The van der Waals surface area contributed by atoms with Crippen molar-refractivity contribution in [3.8, 4) is 5.75 Å². The number of carbonyl (C=O) groups is 2. The molecule has 0 aromatic heterocycles. The Morgan fingerprint density at radius 2 is 1.71 bits per heavy atom. The molecule has 0 unspecified atom stereocenters. The summed E-state index contributed by atoms with van der Waals surface area (Å²) in [4.78, 5) is 35.0. The summed E-state index contributed by atoms with van der Waals surface area (Å²) >= 11 is 0. The smallest absolute Gasteiger partial charge is 0.310 e. The number of nitrogens with zero attached hydrogens (tertiary/aromatic N) is 1. The van der Waals surface area contributed by atoms with Crippen LogP contribution >= 0.6 is 0 Å². The standard InChI is InChI=1S/C23H21N3O5/c1-16(24-22(27)15-31-21-13-6-5-12-20(21)26(29)30)18-10-7-11-19(14-18)25-23(28)17-8-3-2-4-9-17/h2-14,16H,15H2,1H3,(H,24,27)(H,25,28)/t16-/m1/s1. The second-order valence-corrected chi connectivity index (χ2v) is 6.75. The average Bonchev–Trinajstić information content (AvgIpc) is 2.78. The molecule has 0 aliphatic heterocycles. The Balaban J connectivity index is 1.58. The fraction of sp³-hybridized carbons (Fsp3) is 0.130. The molecule has 3 aromatic carbocycles. The molecule has 0 heterocycles. The number of anilines is 1. The number of amides is 2. The lowest BCUT2D eigenvalue weighted by atomic mass is 10.1. The first-order chi connectivity index (χ1) is 14.9. The van der Waals surface area contributed by atoms with Crippen LogP contribution in [0, 0.1) is 10.1 Å². The zero-order valence-corrected chi connectivity index (χ0v) is 16.8. The highest BCUT2D eigenvalue weighted by atomic mass is 16.6. The van der Waals surface area contributed by atoms with Gasteiger partial charge in [0.25, 0.3) is 11.8 Å². The number of hydrogen-bond acceptors (Lipinski definition) is 5. The van der Waals surface area contributed by atoms with Crippen molar-refractivity contribution in [1.82, 2.24) is 5.32 Å². The van der Waals surface area contributed by atoms with Gasteiger partial charge >= 0.3 is 5.69 Å². The van der Waals surface area contributed by atoms with E-state index in [1.807, 2.05) is 12.1 Å². The summed E-state index contributed by atoms with van der Waals surface area (Å²) in [5.74, 6) is -0.627. The Hall–Kier alpha value is -4.20. The normalized spacial score (nSPS) is 11.3. The maximum absolute atomic E-state index is 12.3. The van der Waals surface area contributed by atoms with Gasteiger partial charge in [-0.3, -0.25) is 19.7 Å². The molecular weight excluding hydrogens is 398 g/mol. The molecule has 3 rings (SSSR count). The second-order valence-electron chi connectivity index (χ2n) is 6.75. The maximum atomic E-state index is 12.3. The quantitative estimate of drug-likeness (QED) is 0.422. The number of ether oxygens (including phenoxy) is 1. The van der Waals surface area contributed by atoms with Crippen molar-refractivity contribution in [2.24, 2.45) is 0 Å². The summed E-state index contributed by atoms with van der Waals surface area (Å²) in [6.07, 6.45) is 0. The Kier molecular flexibility index (Phi) is 6.95. The van der Waals surface area contributed by atoms with Gasteiger partial charge in [-0.1, -0.05) is 42.5 Å². The zero-order valence-electron chi connectivity index (χ0n) is 16.8. The van der Waals surface area contributed by atoms with Gasteiger partial charge in [0.2, 0.25) is 0 Å². The van der Waals surface area contributed by atoms with Gasteiger partial charge in [-0.15, -0.1) is 0 Å². The zero-order chi connectivity index (χ0) is 22.2. The van der Waals surface area contributed by atoms with Gasteiger partial charge in [0, 0.05) is 17.3 Å². The predicted molar refractivity (Wildman–Crippen MR) is 116 cm³/mol. The summed E-state index contributed by atoms with van der Waals surface area (Å²) < 4.78 is 5.31. The lowest BCUT2D eigenvalue weighted by molar-refractivity contribution is -0.385. The molecule has 1 atom stereocenters. The summed E-state index contributed by atoms with van der Waals surface area (Å²) in [7, 11) is 0. The second kappa shape index (κ2) is 10.0. The Bertz CT molecular complexity index is 1090. The molecule has 31 heavy (non-hydrogen) atoms. The highest BCUT2D eigenvalue weighted by Crippen LogP contribution is 2.25. The molecule has 0 saturated heterocycles. The van der Waals surface area contributed by atoms with Gasteiger partial charge in [-0.05, 0) is 42.8 Å². The predicted octanol–water partition coefficient (Wildman–Crippen LogP) is 4.10. The van der Waals surface area contributed by atoms with Gasteiger partial charge in [-0.2, -0.15) is 0 Å². The highest BCUT2D eigenvalue weighted by molar-refractivity contribution is 6.04. The Morgan fingerprint density at radius 3 is 2.45 bits per heavy atom. The van der Waals surface area contributed by atoms with Crippen LogP contribution in [0.3, 0.4) is 0 Å². The summed E-state index contributed by atoms with van der Waals surface area (Å²) in [5.41, 5.74) is 1.72. The fourth-order valence-corrected chi connectivity index (χ4v) is 2.92. The van der Waals surface area contributed by atoms with Gasteiger partial charge in [0.05, 0.1) is 11.0 Å². The van der Waals surface area contributed by atoms with E-state index in [1.165, 1.54) is 18.2 Å². The summed E-state index contributed by atoms with van der Waals surface area (Å²) in [6.45, 7) is 1.43. The van der Waals surface area contributed by atoms with Crippen LogP contribution in [0.2, 0.25) is 0 Å². The molecule has 0 saturated carbocycles. The van der Waals surface area contributed by atoms with E-state index in [9.17, 15) is 19.7 Å². The van der Waals surface area contributed by atoms with Crippen molar-refractivity contribution in [2.45, 2.75) is 13.0 Å². The van der Waals surface area contributed by atoms with Crippen molar-refractivity contribution >= 4 is 23.2 Å². The average molecular weight is 419 g/mol. The van der Waals surface area contributed by atoms with Crippen LogP contribution in [-0.2, 0) is 4.79 Å². The lowest BCUT2D eigenvalue weighted by Crippen LogP contribution is -2.31. The first kappa shape index (κ1) is 21.5. The molecule has 3 aromatic rings. The van der Waals surface area contributed by atoms with Gasteiger partial charge in [-0.25, -0.2) is 0 Å². The monoisotopic (exact) mass is 419 g/mol. The minimum absolute atomic E-state index is 0.0286. The highest BCUT2D eigenvalue weighted by Gasteiger charge is 2.16. The maximum Gasteiger partial charge on any atom is 0.310 e. The molecule has 0 aliphatic rings. The number of rotatable bonds is 8. The number of nitro groups is 1. The van der Waals surface area contributed by atoms with Crippen molar-refractivity contribution < 1.29 is 19.2 Å². The van der Waals surface area contributed by atoms with E-state index < -0.39 is 10.8 Å². The molecule has 0 fully saturated rings. The fourth-order valence-electron chi connectivity index (χ4n) is 2.92. The van der Waals surface area contributed by atoms with Gasteiger partial charge in [0.15, 0.2) is 12.4 Å². The van der Waals surface area contributed by atoms with Crippen LogP contribution in [0.25, 0.3) is 0 Å². The molecule has 8 heteroatoms. The minimum Gasteiger partial charge on any atom is -0.477 e. The third kappa shape index (κ3) is 5.89. The van der Waals surface area contributed by atoms with E-state index >= 15 is 0 Å². The molecule has 8 nitrogen and oxygen atoms in total. The van der Waals surface area contributed by atoms with E-state index in [1.54, 1.807) is 55.5 Å². The number of benzene rings is 3. The van der Waals surface area contributed by atoms with Crippen molar-refractivity contribution in [2.75, 3.05) is 11.9 Å². The summed E-state index contributed by atoms with van der Waals surface area (Å²) in [5, 5.41) is 16.6. The third-order valence-corrected chi connectivity index (χ3v) is 4.48. The minimum atomic E-state index is -0.564. The van der Waals surface area contributed by atoms with E-state index in [4.69, 9.17) is 4.74 Å². The molecule has 2 N–H and O–H groups in total. The van der Waals surface area contributed by atoms with Crippen LogP contribution in [0.1, 0.15) is 28.9 Å². The number of hydrogen-bond donors (Lipinski definition) is 2. The van der Waals surface area contributed by atoms with Gasteiger partial charge < -0.3 is 15.4 Å². The molecule has 0 bridgehead atoms. The van der Waals surface area contributed by atoms with Crippen molar-refractivity contribution in [3.05, 3.63) is 100 Å². The molecule has 2 amide bonds. The summed E-state index contributed by atoms with van der Waals surface area (Å²) in [6, 6.07) is 21.5. The molecule has 0 radical (unpaired) electrons. The molecule has 0 aliphatic carbocycles. The van der Waals surface area contributed by atoms with Crippen molar-refractivity contribution in [3.63, 3.8) is 0 Å². The van der Waals surface area contributed by atoms with Crippen molar-refractivity contribution in [1.29, 1.82) is 0 Å². The van der Waals surface area contributed by atoms with E-state index in [-0.39, 0.29) is 30.0 Å². The SMILES string of the molecule is C[C@@H](NC(=O)COc1ccccc1[N+](=O)[O-])c1cccc(NC(=O)c2ccccc2)c1. The van der Waals surface area contributed by atoms with Crippen LogP contribution in [0.4, 0.5) is 11.4 Å². The van der Waals surface area contributed by atoms with Crippen LogP contribution in [0.15, 0.2) is 78.9 Å². The Labute approximate surface area is 179 Å². The largest absolute Gasteiger partial charge is 0.477 e. The molecule has 0 spiro atoms. The topological polar surface area (TPSA) is 111 Å². The number of carbonyl (C=O) groups excluding carboxylic acids is 2. The van der Waals surface area contributed by atoms with E-state index in [0.29, 0.717) is 11.3 Å². The van der Waals surface area contributed by atoms with Crippen LogP contribution in [0.5, 0.6) is 5.75 Å². The first-order valence-corrected chi connectivity index (χ1v) is 9.56. The third-order valence-electron chi connectivity index (χ3n) is 4.48. The number of nitrogens with one attached hydrogen (secondary N) is 2. The van der Waals surface area contributed by atoms with Gasteiger partial charge in [0.1, 0.15) is 0 Å². The van der Waals surface area contributed by atoms with Crippen LogP contribution < -0.4 is 15.4 Å². The Morgan fingerprint density at radius 1 is 1.00 bits per heavy atom. The lowest BCUT2D eigenvalue weighted by Gasteiger charge is -2.16. The number of para-hydroxylation sites is 2. The van der Waals surface area contributed by atoms with E-state index in [2.05, 4.69) is 10.6 Å². The first-order valence-electron chi connectivity index (χ1n) is 9.56. The number of nitro benzene ring substituents is 1.